The van der Waals surface area contributed by atoms with Gasteiger partial charge in [-0.25, -0.2) is 4.98 Å². The fourth-order valence-electron chi connectivity index (χ4n) is 1.80. The van der Waals surface area contributed by atoms with Crippen molar-refractivity contribution in [2.24, 2.45) is 5.92 Å². The molecule has 0 spiro atoms. The van der Waals surface area contributed by atoms with Crippen molar-refractivity contribution in [1.82, 2.24) is 10.3 Å². The molecule has 1 aromatic rings. The maximum Gasteiger partial charge on any atom is 0.323 e. The first-order valence-corrected chi connectivity index (χ1v) is 6.30. The Morgan fingerprint density at radius 1 is 1.75 bits per heavy atom. The molecule has 0 bridgehead atoms. The first-order chi connectivity index (χ1) is 7.52. The van der Waals surface area contributed by atoms with Crippen LogP contribution in [-0.4, -0.2) is 21.6 Å². The number of rotatable bonds is 5. The molecule has 88 valence electrons. The molecule has 1 atom stereocenters. The zero-order valence-electron chi connectivity index (χ0n) is 9.49. The minimum Gasteiger partial charge on any atom is -0.480 e. The predicted octanol–water partition coefficient (Wildman–Crippen LogP) is 1.79. The van der Waals surface area contributed by atoms with E-state index < -0.39 is 11.5 Å². The van der Waals surface area contributed by atoms with E-state index in [0.29, 0.717) is 6.54 Å². The molecule has 1 aliphatic carbocycles. The van der Waals surface area contributed by atoms with E-state index in [-0.39, 0.29) is 5.92 Å². The summed E-state index contributed by atoms with van der Waals surface area (Å²) in [5, 5.41) is 15.3. The molecule has 2 rings (SSSR count). The second kappa shape index (κ2) is 4.14. The normalized spacial score (nSPS) is 19.4. The van der Waals surface area contributed by atoms with Crippen molar-refractivity contribution in [2.75, 3.05) is 0 Å². The van der Waals surface area contributed by atoms with Gasteiger partial charge in [-0.1, -0.05) is 0 Å². The third-order valence-electron chi connectivity index (χ3n) is 3.11. The number of nitrogens with zero attached hydrogens (tertiary/aromatic N) is 1. The fraction of sp³-hybridized carbons (Fsp3) is 0.636. The molecular weight excluding hydrogens is 224 g/mol. The van der Waals surface area contributed by atoms with Crippen molar-refractivity contribution in [2.45, 2.75) is 38.8 Å². The van der Waals surface area contributed by atoms with Crippen LogP contribution in [0.5, 0.6) is 0 Å². The van der Waals surface area contributed by atoms with Gasteiger partial charge in [-0.3, -0.25) is 10.1 Å². The summed E-state index contributed by atoms with van der Waals surface area (Å²) >= 11 is 1.57. The maximum absolute atomic E-state index is 11.2. The summed E-state index contributed by atoms with van der Waals surface area (Å²) in [5.41, 5.74) is 0.199. The van der Waals surface area contributed by atoms with Crippen molar-refractivity contribution < 1.29 is 9.90 Å². The van der Waals surface area contributed by atoms with Gasteiger partial charge in [-0.15, -0.1) is 11.3 Å². The molecule has 1 aliphatic rings. The number of aromatic nitrogens is 1. The van der Waals surface area contributed by atoms with Gasteiger partial charge >= 0.3 is 5.97 Å². The summed E-state index contributed by atoms with van der Waals surface area (Å²) in [7, 11) is 0. The lowest BCUT2D eigenvalue weighted by Crippen LogP contribution is -2.51. The summed E-state index contributed by atoms with van der Waals surface area (Å²) in [6.45, 7) is 4.25. The van der Waals surface area contributed by atoms with Gasteiger partial charge in [0, 0.05) is 17.6 Å². The Hall–Kier alpha value is -0.940. The summed E-state index contributed by atoms with van der Waals surface area (Å²) in [4.78, 5) is 15.6. The second-order valence-corrected chi connectivity index (χ2v) is 5.46. The van der Waals surface area contributed by atoms with E-state index in [1.807, 2.05) is 12.3 Å². The Morgan fingerprint density at radius 2 is 2.44 bits per heavy atom. The van der Waals surface area contributed by atoms with Crippen molar-refractivity contribution in [1.29, 1.82) is 0 Å². The lowest BCUT2D eigenvalue weighted by Gasteiger charge is -2.25. The number of nitrogens with one attached hydrogen (secondary N) is 1. The van der Waals surface area contributed by atoms with Gasteiger partial charge in [0.1, 0.15) is 10.5 Å². The molecule has 1 aromatic heterocycles. The summed E-state index contributed by atoms with van der Waals surface area (Å²) in [6.07, 6.45) is 2.01. The third kappa shape index (κ3) is 2.25. The zero-order chi connectivity index (χ0) is 11.8. The van der Waals surface area contributed by atoms with Gasteiger partial charge in [-0.2, -0.15) is 0 Å². The Balaban J connectivity index is 1.99. The summed E-state index contributed by atoms with van der Waals surface area (Å²) in [6, 6.07) is 0. The lowest BCUT2D eigenvalue weighted by molar-refractivity contribution is -0.145. The molecule has 1 fully saturated rings. The smallest absolute Gasteiger partial charge is 0.323 e. The number of aryl methyl sites for hydroxylation is 1. The molecule has 2 N–H and O–H groups in total. The minimum atomic E-state index is -0.792. The highest BCUT2D eigenvalue weighted by Crippen LogP contribution is 2.39. The number of hydrogen-bond acceptors (Lipinski definition) is 4. The van der Waals surface area contributed by atoms with E-state index in [2.05, 4.69) is 10.3 Å². The molecule has 0 radical (unpaired) electrons. The lowest BCUT2D eigenvalue weighted by atomic mass is 9.96. The van der Waals surface area contributed by atoms with Crippen LogP contribution in [0.15, 0.2) is 5.38 Å². The number of thiazole rings is 1. The number of aliphatic carboxylic acids is 1. The summed E-state index contributed by atoms with van der Waals surface area (Å²) < 4.78 is 0. The molecule has 5 heteroatoms. The molecule has 4 nitrogen and oxygen atoms in total. The van der Waals surface area contributed by atoms with E-state index >= 15 is 0 Å². The van der Waals surface area contributed by atoms with E-state index in [1.165, 1.54) is 0 Å². The highest BCUT2D eigenvalue weighted by Gasteiger charge is 2.47. The van der Waals surface area contributed by atoms with Crippen LogP contribution in [0.4, 0.5) is 0 Å². The Morgan fingerprint density at radius 3 is 2.88 bits per heavy atom. The molecule has 1 unspecified atom stereocenters. The van der Waals surface area contributed by atoms with Crippen molar-refractivity contribution in [3.63, 3.8) is 0 Å². The van der Waals surface area contributed by atoms with E-state index in [0.717, 1.165) is 23.5 Å². The Bertz CT molecular complexity index is 400. The largest absolute Gasteiger partial charge is 0.480 e. The van der Waals surface area contributed by atoms with Gasteiger partial charge in [0.2, 0.25) is 0 Å². The summed E-state index contributed by atoms with van der Waals surface area (Å²) in [5.74, 6) is -0.491. The number of hydrogen-bond donors (Lipinski definition) is 2. The monoisotopic (exact) mass is 240 g/mol. The minimum absolute atomic E-state index is 0.269. The Labute approximate surface area is 98.7 Å². The SMILES string of the molecule is Cc1csc(CNC(C)(C(=O)O)C2CC2)n1. The molecule has 0 aromatic carbocycles. The first-order valence-electron chi connectivity index (χ1n) is 5.42. The van der Waals surface area contributed by atoms with Gasteiger partial charge in [0.15, 0.2) is 0 Å². The van der Waals surface area contributed by atoms with E-state index in [9.17, 15) is 9.90 Å². The average molecular weight is 240 g/mol. The molecule has 0 aliphatic heterocycles. The molecule has 0 amide bonds. The highest BCUT2D eigenvalue weighted by atomic mass is 32.1. The number of carbonyl (C=O) groups is 1. The molecule has 1 saturated carbocycles. The van der Waals surface area contributed by atoms with Crippen molar-refractivity contribution >= 4 is 17.3 Å². The number of carboxylic acids is 1. The van der Waals surface area contributed by atoms with Crippen LogP contribution in [0, 0.1) is 12.8 Å². The maximum atomic E-state index is 11.2. The molecule has 1 heterocycles. The van der Waals surface area contributed by atoms with Crippen LogP contribution in [0.2, 0.25) is 0 Å². The molecular formula is C11H16N2O2S. The molecule has 16 heavy (non-hydrogen) atoms. The Kier molecular flexibility index (Phi) is 2.99. The average Bonchev–Trinajstić information content (AvgIpc) is 2.99. The quantitative estimate of drug-likeness (QED) is 0.823. The second-order valence-electron chi connectivity index (χ2n) is 4.52. The van der Waals surface area contributed by atoms with Crippen LogP contribution in [-0.2, 0) is 11.3 Å². The standard InChI is InChI=1S/C11H16N2O2S/c1-7-6-16-9(13-7)5-12-11(2,10(14)15)8-3-4-8/h6,8,12H,3-5H2,1-2H3,(H,14,15). The fourth-order valence-corrected chi connectivity index (χ4v) is 2.51. The van der Waals surface area contributed by atoms with E-state index in [1.54, 1.807) is 18.3 Å². The van der Waals surface area contributed by atoms with E-state index in [4.69, 9.17) is 0 Å². The van der Waals surface area contributed by atoms with Crippen LogP contribution in [0.25, 0.3) is 0 Å². The van der Waals surface area contributed by atoms with Gasteiger partial charge in [0.05, 0.1) is 0 Å². The van der Waals surface area contributed by atoms with Crippen LogP contribution in [0.3, 0.4) is 0 Å². The molecule has 0 saturated heterocycles. The van der Waals surface area contributed by atoms with Gasteiger partial charge in [0.25, 0.3) is 0 Å². The zero-order valence-corrected chi connectivity index (χ0v) is 10.3. The topological polar surface area (TPSA) is 62.2 Å². The van der Waals surface area contributed by atoms with Crippen molar-refractivity contribution in [3.8, 4) is 0 Å². The highest BCUT2D eigenvalue weighted by molar-refractivity contribution is 7.09. The first kappa shape index (κ1) is 11.5. The van der Waals surface area contributed by atoms with Crippen LogP contribution >= 0.6 is 11.3 Å². The third-order valence-corrected chi connectivity index (χ3v) is 4.08. The van der Waals surface area contributed by atoms with Crippen LogP contribution in [0.1, 0.15) is 30.5 Å². The van der Waals surface area contributed by atoms with Gasteiger partial charge < -0.3 is 5.11 Å². The van der Waals surface area contributed by atoms with Gasteiger partial charge in [-0.05, 0) is 32.6 Å². The predicted molar refractivity (Wildman–Crippen MR) is 62.5 cm³/mol. The number of carboxylic acid groups (broad SMARTS) is 1. The van der Waals surface area contributed by atoms with Crippen molar-refractivity contribution in [3.05, 3.63) is 16.1 Å². The van der Waals surface area contributed by atoms with Crippen LogP contribution < -0.4 is 5.32 Å².